The number of amides is 2. The minimum absolute atomic E-state index is 0.0654. The maximum Gasteiger partial charge on any atom is 0.433 e. The molecule has 1 aliphatic heterocycles. The van der Waals surface area contributed by atoms with Gasteiger partial charge in [-0.3, -0.25) is 0 Å². The number of aromatic nitrogens is 2. The fraction of sp³-hybridized carbons (Fsp3) is 0.381. The second-order valence-corrected chi connectivity index (χ2v) is 8.14. The summed E-state index contributed by atoms with van der Waals surface area (Å²) in [6.07, 6.45) is -1.51. The van der Waals surface area contributed by atoms with Crippen LogP contribution in [0.25, 0.3) is 22.0 Å². The number of anilines is 1. The van der Waals surface area contributed by atoms with E-state index in [0.717, 1.165) is 24.5 Å². The third-order valence-electron chi connectivity index (χ3n) is 5.30. The number of nitrogens with one attached hydrogen (secondary N) is 2. The molecule has 164 valence electrons. The lowest BCUT2D eigenvalue weighted by Gasteiger charge is -2.32. The molecule has 4 heterocycles. The molecule has 0 aromatic carbocycles. The van der Waals surface area contributed by atoms with Gasteiger partial charge in [0.05, 0.1) is 5.52 Å². The first-order chi connectivity index (χ1) is 14.9. The Hall–Kier alpha value is -2.88. The third kappa shape index (κ3) is 4.58. The summed E-state index contributed by atoms with van der Waals surface area (Å²) >= 11 is 1.46. The summed E-state index contributed by atoms with van der Waals surface area (Å²) in [4.78, 5) is 22.2. The lowest BCUT2D eigenvalue weighted by atomic mass is 10.0. The SMILES string of the molecule is CCNC(=O)N1CCC(Nc2ncc(-c3ccsc3)c3nc(C(F)(F)F)ccc23)CC1. The molecule has 2 amide bonds. The summed E-state index contributed by atoms with van der Waals surface area (Å²) in [5, 5.41) is 10.4. The standard InChI is InChI=1S/C21H22F3N5OS/c1-2-25-20(30)29-8-5-14(6-9-29)27-19-15-3-4-17(21(22,23)24)28-18(15)16(11-26-19)13-7-10-31-12-13/h3-4,7,10-12,14H,2,5-6,8-9H2,1H3,(H,25,30)(H,26,27). The molecule has 0 atom stereocenters. The van der Waals surface area contributed by atoms with Crippen LogP contribution in [0.2, 0.25) is 0 Å². The second-order valence-electron chi connectivity index (χ2n) is 7.36. The van der Waals surface area contributed by atoms with Crippen molar-refractivity contribution in [3.8, 4) is 11.1 Å². The number of halogens is 3. The minimum Gasteiger partial charge on any atom is -0.367 e. The van der Waals surface area contributed by atoms with Gasteiger partial charge in [-0.2, -0.15) is 24.5 Å². The van der Waals surface area contributed by atoms with Gasteiger partial charge in [0.15, 0.2) is 0 Å². The highest BCUT2D eigenvalue weighted by atomic mass is 32.1. The van der Waals surface area contributed by atoms with Gasteiger partial charge >= 0.3 is 12.2 Å². The van der Waals surface area contributed by atoms with Crippen molar-refractivity contribution in [2.75, 3.05) is 25.0 Å². The van der Waals surface area contributed by atoms with E-state index in [-0.39, 0.29) is 17.6 Å². The smallest absolute Gasteiger partial charge is 0.367 e. The third-order valence-corrected chi connectivity index (χ3v) is 5.99. The molecule has 0 saturated carbocycles. The number of hydrogen-bond donors (Lipinski definition) is 2. The Morgan fingerprint density at radius 3 is 2.68 bits per heavy atom. The summed E-state index contributed by atoms with van der Waals surface area (Å²) in [5.41, 5.74) is 0.699. The number of nitrogens with zero attached hydrogens (tertiary/aromatic N) is 3. The number of fused-ring (bicyclic) bond motifs is 1. The van der Waals surface area contributed by atoms with E-state index in [2.05, 4.69) is 20.6 Å². The number of pyridine rings is 2. The number of urea groups is 1. The molecule has 0 spiro atoms. The molecule has 3 aromatic rings. The second kappa shape index (κ2) is 8.70. The molecule has 4 rings (SSSR count). The van der Waals surface area contributed by atoms with Crippen LogP contribution in [-0.2, 0) is 6.18 Å². The van der Waals surface area contributed by atoms with E-state index in [1.54, 1.807) is 11.1 Å². The van der Waals surface area contributed by atoms with Crippen molar-refractivity contribution in [1.29, 1.82) is 0 Å². The molecule has 2 N–H and O–H groups in total. The summed E-state index contributed by atoms with van der Waals surface area (Å²) in [6, 6.07) is 4.25. The van der Waals surface area contributed by atoms with Gasteiger partial charge < -0.3 is 15.5 Å². The zero-order valence-corrected chi connectivity index (χ0v) is 17.7. The van der Waals surface area contributed by atoms with Crippen LogP contribution in [-0.4, -0.2) is 46.6 Å². The van der Waals surface area contributed by atoms with E-state index in [0.29, 0.717) is 36.4 Å². The van der Waals surface area contributed by atoms with Crippen LogP contribution in [0.5, 0.6) is 0 Å². The number of hydrogen-bond acceptors (Lipinski definition) is 5. The molecule has 1 fully saturated rings. The Morgan fingerprint density at radius 2 is 2.03 bits per heavy atom. The maximum absolute atomic E-state index is 13.3. The largest absolute Gasteiger partial charge is 0.433 e. The normalized spacial score (nSPS) is 15.3. The number of piperidine rings is 1. The van der Waals surface area contributed by atoms with Gasteiger partial charge in [-0.25, -0.2) is 14.8 Å². The van der Waals surface area contributed by atoms with E-state index < -0.39 is 11.9 Å². The van der Waals surface area contributed by atoms with Crippen LogP contribution in [0.4, 0.5) is 23.8 Å². The maximum atomic E-state index is 13.3. The van der Waals surface area contributed by atoms with Gasteiger partial charge in [-0.05, 0) is 54.3 Å². The highest BCUT2D eigenvalue weighted by Crippen LogP contribution is 2.35. The summed E-state index contributed by atoms with van der Waals surface area (Å²) in [6.45, 7) is 3.66. The fourth-order valence-electron chi connectivity index (χ4n) is 3.70. The highest BCUT2D eigenvalue weighted by Gasteiger charge is 2.33. The van der Waals surface area contributed by atoms with Crippen LogP contribution >= 0.6 is 11.3 Å². The first kappa shape index (κ1) is 21.4. The van der Waals surface area contributed by atoms with E-state index in [9.17, 15) is 18.0 Å². The van der Waals surface area contributed by atoms with Crippen molar-refractivity contribution >= 4 is 34.1 Å². The molecule has 0 unspecified atom stereocenters. The van der Waals surface area contributed by atoms with Gasteiger partial charge in [0, 0.05) is 42.8 Å². The molecule has 0 radical (unpaired) electrons. The molecule has 31 heavy (non-hydrogen) atoms. The van der Waals surface area contributed by atoms with Gasteiger partial charge in [-0.1, -0.05) is 0 Å². The molecule has 1 aliphatic rings. The van der Waals surface area contributed by atoms with Gasteiger partial charge in [0.25, 0.3) is 0 Å². The number of likely N-dealkylation sites (tertiary alicyclic amines) is 1. The number of carbonyl (C=O) groups is 1. The van der Waals surface area contributed by atoms with Gasteiger partial charge in [0.2, 0.25) is 0 Å². The van der Waals surface area contributed by atoms with E-state index >= 15 is 0 Å². The van der Waals surface area contributed by atoms with E-state index in [1.807, 2.05) is 23.8 Å². The predicted octanol–water partition coefficient (Wildman–Crippen LogP) is 4.98. The summed E-state index contributed by atoms with van der Waals surface area (Å²) in [7, 11) is 0. The quantitative estimate of drug-likeness (QED) is 0.589. The van der Waals surface area contributed by atoms with Crippen LogP contribution in [0.3, 0.4) is 0 Å². The van der Waals surface area contributed by atoms with Crippen LogP contribution < -0.4 is 10.6 Å². The van der Waals surface area contributed by atoms with Crippen molar-refractivity contribution in [3.05, 3.63) is 40.8 Å². The molecule has 10 heteroatoms. The first-order valence-electron chi connectivity index (χ1n) is 10.1. The first-order valence-corrected chi connectivity index (χ1v) is 11.0. The van der Waals surface area contributed by atoms with Crippen LogP contribution in [0, 0.1) is 0 Å². The average molecular weight is 450 g/mol. The lowest BCUT2D eigenvalue weighted by molar-refractivity contribution is -0.140. The lowest BCUT2D eigenvalue weighted by Crippen LogP contribution is -2.46. The Labute approximate surface area is 181 Å². The number of carbonyl (C=O) groups excluding carboxylic acids is 1. The van der Waals surface area contributed by atoms with Crippen molar-refractivity contribution < 1.29 is 18.0 Å². The molecule has 6 nitrogen and oxygen atoms in total. The number of alkyl halides is 3. The fourth-order valence-corrected chi connectivity index (χ4v) is 4.36. The molecular formula is C21H22F3N5OS. The summed E-state index contributed by atoms with van der Waals surface area (Å²) in [5.74, 6) is 0.506. The number of rotatable bonds is 4. The van der Waals surface area contributed by atoms with E-state index in [1.165, 1.54) is 17.4 Å². The average Bonchev–Trinajstić information content (AvgIpc) is 3.28. The van der Waals surface area contributed by atoms with Crippen molar-refractivity contribution in [1.82, 2.24) is 20.2 Å². The Kier molecular flexibility index (Phi) is 5.99. The summed E-state index contributed by atoms with van der Waals surface area (Å²) < 4.78 is 39.9. The van der Waals surface area contributed by atoms with Gasteiger partial charge in [0.1, 0.15) is 11.5 Å². The van der Waals surface area contributed by atoms with Crippen LogP contribution in [0.15, 0.2) is 35.2 Å². The monoisotopic (exact) mass is 449 g/mol. The Morgan fingerprint density at radius 1 is 1.26 bits per heavy atom. The molecule has 0 aliphatic carbocycles. The van der Waals surface area contributed by atoms with E-state index in [4.69, 9.17) is 0 Å². The Balaban J connectivity index is 1.62. The highest BCUT2D eigenvalue weighted by molar-refractivity contribution is 7.08. The van der Waals surface area contributed by atoms with Crippen molar-refractivity contribution in [2.45, 2.75) is 32.0 Å². The minimum atomic E-state index is -4.52. The Bertz CT molecular complexity index is 1060. The zero-order valence-electron chi connectivity index (χ0n) is 16.9. The van der Waals surface area contributed by atoms with Crippen molar-refractivity contribution in [2.24, 2.45) is 0 Å². The molecule has 3 aromatic heterocycles. The number of thiophene rings is 1. The predicted molar refractivity (Wildman–Crippen MR) is 115 cm³/mol. The molecular weight excluding hydrogens is 427 g/mol. The van der Waals surface area contributed by atoms with Gasteiger partial charge in [-0.15, -0.1) is 0 Å². The molecule has 0 bridgehead atoms. The zero-order chi connectivity index (χ0) is 22.0. The molecule has 1 saturated heterocycles. The van der Waals surface area contributed by atoms with Crippen LogP contribution in [0.1, 0.15) is 25.5 Å². The topological polar surface area (TPSA) is 70.2 Å². The van der Waals surface area contributed by atoms with Crippen molar-refractivity contribution in [3.63, 3.8) is 0 Å².